The standard InChI is InChI=1S/C21H38N.H2O4S/c1-4-5-6-7-8-9-10-11-12-16-19-22(2,3)20-21-17-14-13-15-18-21;1-5(2,3)4/h13-15,17-18H,4-12,16,19-20H2,1-3H3;(H2,1,2,3,4)/q+1;. The van der Waals surface area contributed by atoms with Gasteiger partial charge in [0.05, 0.1) is 20.6 Å². The lowest BCUT2D eigenvalue weighted by molar-refractivity contribution is -0.903. The van der Waals surface area contributed by atoms with Crippen LogP contribution in [0.2, 0.25) is 0 Å². The molecule has 0 saturated carbocycles. The minimum atomic E-state index is -4.67. The summed E-state index contributed by atoms with van der Waals surface area (Å²) in [4.78, 5) is 0. The van der Waals surface area contributed by atoms with Crippen LogP contribution >= 0.6 is 0 Å². The highest BCUT2D eigenvalue weighted by atomic mass is 32.3. The zero-order valence-corrected chi connectivity index (χ0v) is 18.3. The molecule has 0 spiro atoms. The maximum atomic E-state index is 8.74. The largest absolute Gasteiger partial charge is 0.394 e. The summed E-state index contributed by atoms with van der Waals surface area (Å²) < 4.78 is 32.7. The minimum Gasteiger partial charge on any atom is -0.325 e. The van der Waals surface area contributed by atoms with Gasteiger partial charge in [-0.25, -0.2) is 0 Å². The van der Waals surface area contributed by atoms with E-state index in [9.17, 15) is 0 Å². The Bertz CT molecular complexity index is 551. The molecule has 0 amide bonds. The fourth-order valence-electron chi connectivity index (χ4n) is 3.18. The Morgan fingerprint density at radius 3 is 1.63 bits per heavy atom. The summed E-state index contributed by atoms with van der Waals surface area (Å²) in [6.07, 6.45) is 14.2. The fraction of sp³-hybridized carbons (Fsp3) is 0.714. The van der Waals surface area contributed by atoms with E-state index in [-0.39, 0.29) is 0 Å². The first kappa shape index (κ1) is 26.1. The van der Waals surface area contributed by atoms with Gasteiger partial charge in [-0.05, 0) is 12.8 Å². The molecule has 27 heavy (non-hydrogen) atoms. The minimum absolute atomic E-state index is 1.11. The molecule has 0 aliphatic rings. The molecule has 0 fully saturated rings. The summed E-state index contributed by atoms with van der Waals surface area (Å²) in [5.74, 6) is 0. The van der Waals surface area contributed by atoms with E-state index in [1.54, 1.807) is 0 Å². The van der Waals surface area contributed by atoms with E-state index in [1.165, 1.54) is 76.3 Å². The number of hydrogen-bond donors (Lipinski definition) is 2. The maximum absolute atomic E-state index is 8.74. The van der Waals surface area contributed by atoms with Gasteiger partial charge < -0.3 is 4.48 Å². The molecule has 5 nitrogen and oxygen atoms in total. The molecule has 1 rings (SSSR count). The summed E-state index contributed by atoms with van der Waals surface area (Å²) in [7, 11) is 0.0570. The van der Waals surface area contributed by atoms with Crippen molar-refractivity contribution in [1.82, 2.24) is 0 Å². The van der Waals surface area contributed by atoms with Crippen molar-refractivity contribution in [1.29, 1.82) is 0 Å². The summed E-state index contributed by atoms with van der Waals surface area (Å²) in [6, 6.07) is 10.9. The third-order valence-corrected chi connectivity index (χ3v) is 4.57. The van der Waals surface area contributed by atoms with Crippen LogP contribution < -0.4 is 0 Å². The van der Waals surface area contributed by atoms with Crippen LogP contribution in [0.5, 0.6) is 0 Å². The number of hydrogen-bond acceptors (Lipinski definition) is 2. The van der Waals surface area contributed by atoms with Gasteiger partial charge in [-0.3, -0.25) is 9.11 Å². The first-order chi connectivity index (χ1) is 12.6. The van der Waals surface area contributed by atoms with Crippen LogP contribution in [0.1, 0.15) is 76.7 Å². The number of rotatable bonds is 13. The Labute approximate surface area is 167 Å². The van der Waals surface area contributed by atoms with E-state index >= 15 is 0 Å². The van der Waals surface area contributed by atoms with Crippen LogP contribution in [0.3, 0.4) is 0 Å². The highest BCUT2D eigenvalue weighted by Crippen LogP contribution is 2.13. The molecule has 0 bridgehead atoms. The molecule has 0 atom stereocenters. The molecule has 0 heterocycles. The van der Waals surface area contributed by atoms with E-state index in [4.69, 9.17) is 17.5 Å². The van der Waals surface area contributed by atoms with Crippen molar-refractivity contribution in [3.8, 4) is 0 Å². The van der Waals surface area contributed by atoms with Gasteiger partial charge in [-0.1, -0.05) is 88.6 Å². The Morgan fingerprint density at radius 2 is 1.19 bits per heavy atom. The lowest BCUT2D eigenvalue weighted by Crippen LogP contribution is -2.39. The normalized spacial score (nSPS) is 11.7. The third kappa shape index (κ3) is 21.2. The zero-order valence-electron chi connectivity index (χ0n) is 17.4. The quantitative estimate of drug-likeness (QED) is 0.258. The van der Waals surface area contributed by atoms with E-state index < -0.39 is 10.4 Å². The summed E-state index contributed by atoms with van der Waals surface area (Å²) in [6.45, 7) is 4.74. The SMILES string of the molecule is CCCCCCCCCCCC[N+](C)(C)Cc1ccccc1.O=S(=O)(O)O. The van der Waals surface area contributed by atoms with Crippen molar-refractivity contribution in [3.05, 3.63) is 35.9 Å². The van der Waals surface area contributed by atoms with Crippen LogP contribution in [0.15, 0.2) is 30.3 Å². The van der Waals surface area contributed by atoms with Gasteiger partial charge in [0.1, 0.15) is 6.54 Å². The summed E-state index contributed by atoms with van der Waals surface area (Å²) in [5, 5.41) is 0. The van der Waals surface area contributed by atoms with Gasteiger partial charge in [0.2, 0.25) is 0 Å². The second-order valence-electron chi connectivity index (χ2n) is 7.93. The first-order valence-electron chi connectivity index (χ1n) is 10.2. The Morgan fingerprint density at radius 1 is 0.778 bits per heavy atom. The van der Waals surface area contributed by atoms with Crippen molar-refractivity contribution in [2.75, 3.05) is 20.6 Å². The fourth-order valence-corrected chi connectivity index (χ4v) is 3.18. The van der Waals surface area contributed by atoms with Gasteiger partial charge >= 0.3 is 10.4 Å². The van der Waals surface area contributed by atoms with Gasteiger partial charge in [0.15, 0.2) is 0 Å². The lowest BCUT2D eigenvalue weighted by atomic mass is 10.1. The second kappa shape index (κ2) is 15.0. The van der Waals surface area contributed by atoms with Crippen LogP contribution in [0.25, 0.3) is 0 Å². The number of nitrogens with zero attached hydrogens (tertiary/aromatic N) is 1. The molecule has 1 aromatic carbocycles. The summed E-state index contributed by atoms with van der Waals surface area (Å²) in [5.41, 5.74) is 1.46. The number of quaternary nitrogens is 1. The molecule has 0 unspecified atom stereocenters. The third-order valence-electron chi connectivity index (χ3n) is 4.57. The van der Waals surface area contributed by atoms with Crippen LogP contribution in [-0.2, 0) is 16.9 Å². The van der Waals surface area contributed by atoms with Crippen LogP contribution in [-0.4, -0.2) is 42.6 Å². The molecule has 0 aromatic heterocycles. The van der Waals surface area contributed by atoms with Gasteiger partial charge in [-0.15, -0.1) is 0 Å². The Balaban J connectivity index is 0.00000119. The number of unbranched alkanes of at least 4 members (excludes halogenated alkanes) is 9. The van der Waals surface area contributed by atoms with E-state index in [2.05, 4.69) is 51.4 Å². The van der Waals surface area contributed by atoms with Gasteiger partial charge in [0, 0.05) is 5.56 Å². The van der Waals surface area contributed by atoms with E-state index in [0.29, 0.717) is 0 Å². The predicted molar refractivity (Wildman–Crippen MR) is 113 cm³/mol. The Hall–Kier alpha value is -0.950. The van der Waals surface area contributed by atoms with Crippen molar-refractivity contribution >= 4 is 10.4 Å². The van der Waals surface area contributed by atoms with Gasteiger partial charge in [-0.2, -0.15) is 8.42 Å². The highest BCUT2D eigenvalue weighted by molar-refractivity contribution is 7.79. The molecule has 1 aromatic rings. The van der Waals surface area contributed by atoms with E-state index in [0.717, 1.165) is 11.0 Å². The van der Waals surface area contributed by atoms with Crippen molar-refractivity contribution in [3.63, 3.8) is 0 Å². The van der Waals surface area contributed by atoms with Crippen LogP contribution in [0, 0.1) is 0 Å². The lowest BCUT2D eigenvalue weighted by Gasteiger charge is -2.30. The van der Waals surface area contributed by atoms with Crippen LogP contribution in [0.4, 0.5) is 0 Å². The first-order valence-corrected chi connectivity index (χ1v) is 11.6. The zero-order chi connectivity index (χ0) is 20.6. The smallest absolute Gasteiger partial charge is 0.325 e. The van der Waals surface area contributed by atoms with Crippen molar-refractivity contribution in [2.45, 2.75) is 77.7 Å². The summed E-state index contributed by atoms with van der Waals surface area (Å²) >= 11 is 0. The monoisotopic (exact) mass is 402 g/mol. The van der Waals surface area contributed by atoms with E-state index in [1.807, 2.05) is 0 Å². The molecule has 0 saturated heterocycles. The number of benzene rings is 1. The van der Waals surface area contributed by atoms with Crippen molar-refractivity contribution in [2.24, 2.45) is 0 Å². The molecule has 0 aliphatic heterocycles. The van der Waals surface area contributed by atoms with Gasteiger partial charge in [0.25, 0.3) is 0 Å². The molecular formula is C21H40NO4S+. The molecular weight excluding hydrogens is 362 g/mol. The topological polar surface area (TPSA) is 74.6 Å². The average molecular weight is 403 g/mol. The molecule has 0 aliphatic carbocycles. The molecule has 158 valence electrons. The highest BCUT2D eigenvalue weighted by Gasteiger charge is 2.14. The maximum Gasteiger partial charge on any atom is 0.394 e. The average Bonchev–Trinajstić information content (AvgIpc) is 2.55. The predicted octanol–water partition coefficient (Wildman–Crippen LogP) is 5.53. The molecule has 0 radical (unpaired) electrons. The van der Waals surface area contributed by atoms with Crippen molar-refractivity contribution < 1.29 is 22.0 Å². The molecule has 6 heteroatoms. The second-order valence-corrected chi connectivity index (χ2v) is 8.83. The Kier molecular flexibility index (Phi) is 14.5. The molecule has 2 N–H and O–H groups in total.